The maximum atomic E-state index is 9.33. The van der Waals surface area contributed by atoms with E-state index in [9.17, 15) is 5.21 Å². The molecule has 2 aromatic carbocycles. The zero-order valence-corrected chi connectivity index (χ0v) is 14.8. The summed E-state index contributed by atoms with van der Waals surface area (Å²) in [5, 5.41) is 16.7. The number of aromatic nitrogens is 1. The van der Waals surface area contributed by atoms with Crippen LogP contribution in [0.5, 0.6) is 0 Å². The molecule has 0 saturated carbocycles. The van der Waals surface area contributed by atoms with Crippen LogP contribution >= 0.6 is 22.9 Å². The molecule has 2 heterocycles. The molecule has 0 aliphatic rings. The number of benzene rings is 2. The Kier molecular flexibility index (Phi) is 4.03. The van der Waals surface area contributed by atoms with Crippen molar-refractivity contribution in [1.82, 2.24) is 4.98 Å². The van der Waals surface area contributed by atoms with Crippen LogP contribution in [0.15, 0.2) is 63.5 Å². The van der Waals surface area contributed by atoms with Crippen molar-refractivity contribution < 1.29 is 9.62 Å². The maximum absolute atomic E-state index is 9.33. The summed E-state index contributed by atoms with van der Waals surface area (Å²) in [6.45, 7) is 2.05. The van der Waals surface area contributed by atoms with Crippen molar-refractivity contribution >= 4 is 33.9 Å². The summed E-state index contributed by atoms with van der Waals surface area (Å²) < 4.78 is 5.67. The minimum absolute atomic E-state index is 0.125. The van der Waals surface area contributed by atoms with Crippen LogP contribution in [0.4, 0.5) is 0 Å². The van der Waals surface area contributed by atoms with Crippen molar-refractivity contribution in [3.63, 3.8) is 0 Å². The van der Waals surface area contributed by atoms with Crippen molar-refractivity contribution in [2.45, 2.75) is 6.92 Å². The number of halogens is 1. The Balaban J connectivity index is 1.85. The van der Waals surface area contributed by atoms with E-state index in [0.29, 0.717) is 21.2 Å². The van der Waals surface area contributed by atoms with E-state index in [4.69, 9.17) is 16.0 Å². The van der Waals surface area contributed by atoms with E-state index in [1.165, 1.54) is 16.9 Å². The van der Waals surface area contributed by atoms with Gasteiger partial charge < -0.3 is 9.62 Å². The first-order valence-electron chi connectivity index (χ1n) is 7.58. The van der Waals surface area contributed by atoms with Gasteiger partial charge in [-0.15, -0.1) is 11.3 Å². The molecule has 25 heavy (non-hydrogen) atoms. The minimum Gasteiger partial charge on any atom is -0.435 e. The molecule has 0 bridgehead atoms. The number of thiazole rings is 1. The van der Waals surface area contributed by atoms with E-state index in [2.05, 4.69) is 22.3 Å². The summed E-state index contributed by atoms with van der Waals surface area (Å²) in [7, 11) is 0. The van der Waals surface area contributed by atoms with Crippen molar-refractivity contribution in [3.05, 3.63) is 70.1 Å². The van der Waals surface area contributed by atoms with Crippen molar-refractivity contribution in [2.24, 2.45) is 5.16 Å². The average molecular weight is 369 g/mol. The third-order valence-electron chi connectivity index (χ3n) is 3.88. The van der Waals surface area contributed by atoms with Crippen LogP contribution in [0.1, 0.15) is 5.56 Å². The predicted molar refractivity (Wildman–Crippen MR) is 99.9 cm³/mol. The second kappa shape index (κ2) is 6.35. The molecule has 4 nitrogen and oxygen atoms in total. The van der Waals surface area contributed by atoms with Gasteiger partial charge in [-0.3, -0.25) is 0 Å². The normalized spacial score (nSPS) is 12.0. The van der Waals surface area contributed by atoms with Crippen molar-refractivity contribution in [2.75, 3.05) is 0 Å². The number of nitrogens with zero attached hydrogens (tertiary/aromatic N) is 2. The SMILES string of the molecule is Cc1ccc(-c2csc(-c3cc4cc(Cl)ccc4o/c3=N\O)n2)cc1. The third kappa shape index (κ3) is 3.04. The quantitative estimate of drug-likeness (QED) is 0.376. The molecule has 0 aliphatic carbocycles. The van der Waals surface area contributed by atoms with E-state index in [1.807, 2.05) is 30.5 Å². The fraction of sp³-hybridized carbons (Fsp3) is 0.0526. The fourth-order valence-electron chi connectivity index (χ4n) is 2.58. The monoisotopic (exact) mass is 368 g/mol. The molecule has 4 aromatic rings. The smallest absolute Gasteiger partial charge is 0.265 e. The number of aryl methyl sites for hydroxylation is 1. The number of hydrogen-bond donors (Lipinski definition) is 1. The molecule has 124 valence electrons. The summed E-state index contributed by atoms with van der Waals surface area (Å²) in [4.78, 5) is 4.67. The molecule has 1 N–H and O–H groups in total. The van der Waals surface area contributed by atoms with E-state index in [-0.39, 0.29) is 5.55 Å². The van der Waals surface area contributed by atoms with Gasteiger partial charge in [0.2, 0.25) is 0 Å². The molecular formula is C19H13ClN2O2S. The molecule has 0 saturated heterocycles. The fourth-order valence-corrected chi connectivity index (χ4v) is 3.60. The lowest BCUT2D eigenvalue weighted by Gasteiger charge is -2.02. The van der Waals surface area contributed by atoms with E-state index < -0.39 is 0 Å². The van der Waals surface area contributed by atoms with Crippen LogP contribution in [-0.4, -0.2) is 10.2 Å². The molecule has 0 fully saturated rings. The van der Waals surface area contributed by atoms with Gasteiger partial charge in [0.15, 0.2) is 0 Å². The molecule has 2 aromatic heterocycles. The lowest BCUT2D eigenvalue weighted by molar-refractivity contribution is 0.277. The molecule has 6 heteroatoms. The summed E-state index contributed by atoms with van der Waals surface area (Å²) in [5.74, 6) is 0. The van der Waals surface area contributed by atoms with Gasteiger partial charge in [-0.25, -0.2) is 4.98 Å². The van der Waals surface area contributed by atoms with Gasteiger partial charge in [0.25, 0.3) is 5.55 Å². The van der Waals surface area contributed by atoms with Crippen LogP contribution < -0.4 is 5.55 Å². The Hall–Kier alpha value is -2.63. The highest BCUT2D eigenvalue weighted by molar-refractivity contribution is 7.13. The maximum Gasteiger partial charge on any atom is 0.265 e. The molecule has 0 amide bonds. The third-order valence-corrected chi connectivity index (χ3v) is 4.99. The molecule has 0 radical (unpaired) electrons. The van der Waals surface area contributed by atoms with Gasteiger partial charge >= 0.3 is 0 Å². The first kappa shape index (κ1) is 15.9. The van der Waals surface area contributed by atoms with Crippen molar-refractivity contribution in [1.29, 1.82) is 0 Å². The number of hydrogen-bond acceptors (Lipinski definition) is 5. The van der Waals surface area contributed by atoms with Crippen LogP contribution in [-0.2, 0) is 0 Å². The van der Waals surface area contributed by atoms with E-state index >= 15 is 0 Å². The summed E-state index contributed by atoms with van der Waals surface area (Å²) >= 11 is 7.53. The Morgan fingerprint density at radius 3 is 2.68 bits per heavy atom. The van der Waals surface area contributed by atoms with Crippen LogP contribution in [0.25, 0.3) is 32.8 Å². The number of rotatable bonds is 2. The number of fused-ring (bicyclic) bond motifs is 1. The Labute approximate surface area is 152 Å². The molecule has 4 rings (SSSR count). The van der Waals surface area contributed by atoms with Gasteiger partial charge in [-0.05, 0) is 36.3 Å². The van der Waals surface area contributed by atoms with Gasteiger partial charge in [0.1, 0.15) is 10.6 Å². The second-order valence-corrected chi connectivity index (χ2v) is 6.95. The Morgan fingerprint density at radius 2 is 1.92 bits per heavy atom. The second-order valence-electron chi connectivity index (χ2n) is 5.65. The van der Waals surface area contributed by atoms with Crippen LogP contribution in [0.2, 0.25) is 5.02 Å². The minimum atomic E-state index is 0.125. The van der Waals surface area contributed by atoms with Gasteiger partial charge in [-0.1, -0.05) is 41.4 Å². The van der Waals surface area contributed by atoms with E-state index in [0.717, 1.165) is 16.6 Å². The van der Waals surface area contributed by atoms with Crippen LogP contribution in [0, 0.1) is 6.92 Å². The van der Waals surface area contributed by atoms with Gasteiger partial charge in [0, 0.05) is 21.4 Å². The van der Waals surface area contributed by atoms with E-state index in [1.54, 1.807) is 18.2 Å². The first-order valence-corrected chi connectivity index (χ1v) is 8.84. The molecule has 0 aliphatic heterocycles. The lowest BCUT2D eigenvalue weighted by atomic mass is 10.1. The highest BCUT2D eigenvalue weighted by atomic mass is 35.5. The summed E-state index contributed by atoms with van der Waals surface area (Å²) in [5.41, 5.74) is 4.45. The molecule has 0 atom stereocenters. The highest BCUT2D eigenvalue weighted by Gasteiger charge is 2.12. The Morgan fingerprint density at radius 1 is 1.12 bits per heavy atom. The first-order chi connectivity index (χ1) is 12.1. The van der Waals surface area contributed by atoms with Crippen molar-refractivity contribution in [3.8, 4) is 21.8 Å². The van der Waals surface area contributed by atoms with Gasteiger partial charge in [0.05, 0.1) is 11.3 Å². The molecule has 0 spiro atoms. The molecule has 0 unspecified atom stereocenters. The van der Waals surface area contributed by atoms with Gasteiger partial charge in [-0.2, -0.15) is 0 Å². The largest absolute Gasteiger partial charge is 0.435 e. The molecular weight excluding hydrogens is 356 g/mol. The standard InChI is InChI=1S/C19H13ClN2O2S/c1-11-2-4-12(5-3-11)16-10-25-19(21-16)15-9-13-8-14(20)6-7-17(13)24-18(15)22-23/h2-10,23H,1H3/b22-18-. The topological polar surface area (TPSA) is 58.6 Å². The Bertz CT molecular complexity index is 1130. The zero-order valence-electron chi connectivity index (χ0n) is 13.2. The van der Waals surface area contributed by atoms with Crippen LogP contribution in [0.3, 0.4) is 0 Å². The average Bonchev–Trinajstić information content (AvgIpc) is 3.11. The summed E-state index contributed by atoms with van der Waals surface area (Å²) in [6, 6.07) is 15.3. The lowest BCUT2D eigenvalue weighted by Crippen LogP contribution is -2.05. The zero-order chi connectivity index (χ0) is 17.4. The highest BCUT2D eigenvalue weighted by Crippen LogP contribution is 2.29. The predicted octanol–water partition coefficient (Wildman–Crippen LogP) is 5.48. The summed E-state index contributed by atoms with van der Waals surface area (Å²) in [6.07, 6.45) is 0.